The molecule has 0 heterocycles. The largest absolute Gasteiger partial charge is 0.448 e. The number of carbonyl (C=O) groups is 1. The Labute approximate surface area is 79.8 Å². The van der Waals surface area contributed by atoms with Gasteiger partial charge >= 0.3 is 5.90 Å². The Bertz CT molecular complexity index is 206. The quantitative estimate of drug-likeness (QED) is 0.358. The van der Waals surface area contributed by atoms with Crippen LogP contribution in [0.3, 0.4) is 0 Å². The monoisotopic (exact) mass is 187 g/mol. The van der Waals surface area contributed by atoms with E-state index in [1.807, 2.05) is 25.6 Å². The molecular weight excluding hydrogens is 168 g/mol. The molecule has 0 N–H and O–H groups in total. The molecule has 0 fully saturated rings. The van der Waals surface area contributed by atoms with E-state index in [2.05, 4.69) is 0 Å². The molecule has 0 unspecified atom stereocenters. The SMILES string of the molecule is CCOC(CC(=O)N(C)C)=[N+](C)C. The van der Waals surface area contributed by atoms with Crippen LogP contribution in [-0.4, -0.2) is 56.1 Å². The first-order valence-corrected chi connectivity index (χ1v) is 4.35. The number of nitrogens with zero attached hydrogens (tertiary/aromatic N) is 2. The summed E-state index contributed by atoms with van der Waals surface area (Å²) >= 11 is 0. The van der Waals surface area contributed by atoms with Crippen molar-refractivity contribution in [1.29, 1.82) is 0 Å². The van der Waals surface area contributed by atoms with Crippen LogP contribution in [0.2, 0.25) is 0 Å². The third-order valence-electron chi connectivity index (χ3n) is 1.61. The van der Waals surface area contributed by atoms with E-state index < -0.39 is 0 Å². The molecule has 13 heavy (non-hydrogen) atoms. The fourth-order valence-electron chi connectivity index (χ4n) is 0.792. The van der Waals surface area contributed by atoms with Crippen LogP contribution in [0.25, 0.3) is 0 Å². The number of carbonyl (C=O) groups excluding carboxylic acids is 1. The highest BCUT2D eigenvalue weighted by atomic mass is 16.5. The molecular formula is C9H19N2O2+. The zero-order chi connectivity index (χ0) is 10.4. The van der Waals surface area contributed by atoms with Gasteiger partial charge in [-0.05, 0) is 6.92 Å². The zero-order valence-electron chi connectivity index (χ0n) is 9.13. The van der Waals surface area contributed by atoms with E-state index in [4.69, 9.17) is 4.74 Å². The van der Waals surface area contributed by atoms with Crippen molar-refractivity contribution >= 4 is 11.8 Å². The maximum absolute atomic E-state index is 11.3. The summed E-state index contributed by atoms with van der Waals surface area (Å²) in [6, 6.07) is 0. The highest BCUT2D eigenvalue weighted by molar-refractivity contribution is 5.94. The van der Waals surface area contributed by atoms with Crippen LogP contribution in [-0.2, 0) is 9.53 Å². The smallest absolute Gasteiger partial charge is 0.345 e. The van der Waals surface area contributed by atoms with Crippen molar-refractivity contribution in [2.24, 2.45) is 0 Å². The van der Waals surface area contributed by atoms with Crippen LogP contribution in [0.15, 0.2) is 0 Å². The highest BCUT2D eigenvalue weighted by Crippen LogP contribution is 1.93. The van der Waals surface area contributed by atoms with Crippen molar-refractivity contribution < 1.29 is 14.1 Å². The summed E-state index contributed by atoms with van der Waals surface area (Å²) in [6.07, 6.45) is 0.327. The Kier molecular flexibility index (Phi) is 5.11. The Morgan fingerprint density at radius 3 is 2.23 bits per heavy atom. The van der Waals surface area contributed by atoms with E-state index in [0.717, 1.165) is 0 Å². The molecule has 0 aromatic heterocycles. The van der Waals surface area contributed by atoms with E-state index in [9.17, 15) is 4.79 Å². The van der Waals surface area contributed by atoms with Crippen molar-refractivity contribution in [2.75, 3.05) is 34.8 Å². The topological polar surface area (TPSA) is 32.5 Å². The number of amides is 1. The van der Waals surface area contributed by atoms with Crippen LogP contribution in [0, 0.1) is 0 Å². The lowest BCUT2D eigenvalue weighted by Crippen LogP contribution is -2.28. The average molecular weight is 187 g/mol. The Balaban J connectivity index is 4.29. The molecule has 0 saturated carbocycles. The van der Waals surface area contributed by atoms with Crippen molar-refractivity contribution in [1.82, 2.24) is 4.90 Å². The molecule has 76 valence electrons. The molecule has 0 radical (unpaired) electrons. The van der Waals surface area contributed by atoms with Gasteiger partial charge in [-0.25, -0.2) is 4.58 Å². The van der Waals surface area contributed by atoms with Gasteiger partial charge in [-0.1, -0.05) is 0 Å². The molecule has 0 aliphatic rings. The van der Waals surface area contributed by atoms with Crippen molar-refractivity contribution in [3.63, 3.8) is 0 Å². The molecule has 0 atom stereocenters. The molecule has 4 nitrogen and oxygen atoms in total. The standard InChI is InChI=1S/C9H19N2O2/c1-6-13-9(11(4)5)7-8(12)10(2)3/h6-7H2,1-5H3/q+1. The predicted molar refractivity (Wildman–Crippen MR) is 52.1 cm³/mol. The van der Waals surface area contributed by atoms with Gasteiger partial charge in [0.05, 0.1) is 6.61 Å². The van der Waals surface area contributed by atoms with Gasteiger partial charge in [0, 0.05) is 14.1 Å². The van der Waals surface area contributed by atoms with Gasteiger partial charge in [-0.15, -0.1) is 0 Å². The van der Waals surface area contributed by atoms with Crippen molar-refractivity contribution in [3.05, 3.63) is 0 Å². The average Bonchev–Trinajstić information content (AvgIpc) is 2.03. The van der Waals surface area contributed by atoms with Gasteiger partial charge < -0.3 is 9.64 Å². The molecule has 0 rings (SSSR count). The molecule has 0 aliphatic heterocycles. The second-order valence-corrected chi connectivity index (χ2v) is 3.19. The van der Waals surface area contributed by atoms with E-state index in [1.165, 1.54) is 0 Å². The first kappa shape index (κ1) is 11.9. The molecule has 0 aromatic carbocycles. The molecule has 0 aromatic rings. The van der Waals surface area contributed by atoms with Gasteiger partial charge in [-0.2, -0.15) is 0 Å². The van der Waals surface area contributed by atoms with Gasteiger partial charge in [0.2, 0.25) is 5.91 Å². The van der Waals surface area contributed by atoms with E-state index in [-0.39, 0.29) is 5.91 Å². The maximum Gasteiger partial charge on any atom is 0.345 e. The minimum absolute atomic E-state index is 0.0529. The van der Waals surface area contributed by atoms with Crippen LogP contribution in [0.4, 0.5) is 0 Å². The predicted octanol–water partition coefficient (Wildman–Crippen LogP) is 0.172. The van der Waals surface area contributed by atoms with Gasteiger partial charge in [0.1, 0.15) is 20.5 Å². The van der Waals surface area contributed by atoms with Crippen LogP contribution >= 0.6 is 0 Å². The van der Waals surface area contributed by atoms with Crippen LogP contribution in [0.1, 0.15) is 13.3 Å². The minimum atomic E-state index is 0.0529. The van der Waals surface area contributed by atoms with Crippen LogP contribution < -0.4 is 0 Å². The van der Waals surface area contributed by atoms with Gasteiger partial charge in [0.15, 0.2) is 0 Å². The maximum atomic E-state index is 11.3. The first-order chi connectivity index (χ1) is 5.99. The fourth-order valence-corrected chi connectivity index (χ4v) is 0.792. The number of hydrogen-bond donors (Lipinski definition) is 0. The first-order valence-electron chi connectivity index (χ1n) is 4.35. The summed E-state index contributed by atoms with van der Waals surface area (Å²) in [7, 11) is 7.21. The molecule has 0 bridgehead atoms. The summed E-state index contributed by atoms with van der Waals surface area (Å²) in [4.78, 5) is 12.9. The van der Waals surface area contributed by atoms with Gasteiger partial charge in [-0.3, -0.25) is 4.79 Å². The van der Waals surface area contributed by atoms with E-state index in [1.54, 1.807) is 19.0 Å². The molecule has 1 amide bonds. The van der Waals surface area contributed by atoms with Crippen molar-refractivity contribution in [3.8, 4) is 0 Å². The summed E-state index contributed by atoms with van der Waals surface area (Å²) in [6.45, 7) is 2.50. The summed E-state index contributed by atoms with van der Waals surface area (Å²) in [5.41, 5.74) is 0. The van der Waals surface area contributed by atoms with Crippen LogP contribution in [0.5, 0.6) is 0 Å². The normalized spacial score (nSPS) is 9.31. The minimum Gasteiger partial charge on any atom is -0.448 e. The molecule has 0 saturated heterocycles. The third kappa shape index (κ3) is 4.50. The summed E-state index contributed by atoms with van der Waals surface area (Å²) < 4.78 is 7.14. The number of ether oxygens (including phenoxy) is 1. The van der Waals surface area contributed by atoms with E-state index >= 15 is 0 Å². The molecule has 4 heteroatoms. The van der Waals surface area contributed by atoms with Crippen molar-refractivity contribution in [2.45, 2.75) is 13.3 Å². The third-order valence-corrected chi connectivity index (χ3v) is 1.61. The van der Waals surface area contributed by atoms with Gasteiger partial charge in [0.25, 0.3) is 0 Å². The molecule has 0 spiro atoms. The highest BCUT2D eigenvalue weighted by Gasteiger charge is 2.16. The Morgan fingerprint density at radius 2 is 1.92 bits per heavy atom. The molecule has 0 aliphatic carbocycles. The second kappa shape index (κ2) is 5.56. The number of hydrogen-bond acceptors (Lipinski definition) is 2. The lowest BCUT2D eigenvalue weighted by Gasteiger charge is -2.10. The second-order valence-electron chi connectivity index (χ2n) is 3.19. The number of rotatable bonds is 3. The lowest BCUT2D eigenvalue weighted by molar-refractivity contribution is -0.475. The fraction of sp³-hybridized carbons (Fsp3) is 0.778. The van der Waals surface area contributed by atoms with E-state index in [0.29, 0.717) is 18.9 Å². The zero-order valence-corrected chi connectivity index (χ0v) is 9.13. The Hall–Kier alpha value is -1.06. The Morgan fingerprint density at radius 1 is 1.38 bits per heavy atom. The lowest BCUT2D eigenvalue weighted by atomic mass is 10.4. The summed E-state index contributed by atoms with van der Waals surface area (Å²) in [5, 5.41) is 0. The summed E-state index contributed by atoms with van der Waals surface area (Å²) in [5.74, 6) is 0.762.